The van der Waals surface area contributed by atoms with Gasteiger partial charge in [0.2, 0.25) is 5.89 Å². The summed E-state index contributed by atoms with van der Waals surface area (Å²) in [6.45, 7) is 4.99. The lowest BCUT2D eigenvalue weighted by atomic mass is 10.1. The van der Waals surface area contributed by atoms with Crippen LogP contribution in [-0.4, -0.2) is 27.1 Å². The van der Waals surface area contributed by atoms with Gasteiger partial charge in [-0.05, 0) is 61.9 Å². The van der Waals surface area contributed by atoms with Gasteiger partial charge >= 0.3 is 5.97 Å². The molecule has 0 bridgehead atoms. The van der Waals surface area contributed by atoms with Gasteiger partial charge in [0.25, 0.3) is 0 Å². The molecule has 5 aromatic rings. The summed E-state index contributed by atoms with van der Waals surface area (Å²) in [4.78, 5) is 21.0. The van der Waals surface area contributed by atoms with Gasteiger partial charge in [-0.25, -0.2) is 9.78 Å². The van der Waals surface area contributed by atoms with Crippen molar-refractivity contribution in [2.24, 2.45) is 0 Å². The van der Waals surface area contributed by atoms with Crippen LogP contribution in [0.1, 0.15) is 29.5 Å². The van der Waals surface area contributed by atoms with E-state index in [0.717, 1.165) is 45.2 Å². The van der Waals surface area contributed by atoms with E-state index in [9.17, 15) is 4.79 Å². The van der Waals surface area contributed by atoms with Crippen LogP contribution in [0.15, 0.2) is 102 Å². The molecule has 196 valence electrons. The Bertz CT molecular complexity index is 1550. The Morgan fingerprint density at radius 2 is 1.79 bits per heavy atom. The lowest BCUT2D eigenvalue weighted by Gasteiger charge is -2.07. The van der Waals surface area contributed by atoms with Gasteiger partial charge in [-0.3, -0.25) is 4.98 Å². The van der Waals surface area contributed by atoms with E-state index in [1.165, 1.54) is 6.08 Å². The van der Waals surface area contributed by atoms with Crippen LogP contribution in [0.3, 0.4) is 0 Å². The third-order valence-corrected chi connectivity index (χ3v) is 6.11. The number of hydrogen-bond donors (Lipinski definition) is 0. The molecule has 3 heterocycles. The molecule has 0 saturated carbocycles. The largest absolute Gasteiger partial charge is 0.487 e. The molecule has 7 nitrogen and oxygen atoms in total. The third kappa shape index (κ3) is 6.51. The molecule has 0 radical (unpaired) electrons. The average molecular weight is 520 g/mol. The summed E-state index contributed by atoms with van der Waals surface area (Å²) in [7, 11) is 0. The number of aryl methyl sites for hydroxylation is 1. The quantitative estimate of drug-likeness (QED) is 0.151. The van der Waals surface area contributed by atoms with Crippen molar-refractivity contribution in [2.45, 2.75) is 27.0 Å². The molecular formula is C32H29N3O4. The molecule has 3 aromatic heterocycles. The fourth-order valence-corrected chi connectivity index (χ4v) is 4.15. The molecule has 0 spiro atoms. The van der Waals surface area contributed by atoms with Gasteiger partial charge in [-0.2, -0.15) is 0 Å². The fourth-order valence-electron chi connectivity index (χ4n) is 4.15. The predicted octanol–water partition coefficient (Wildman–Crippen LogP) is 6.72. The first kappa shape index (κ1) is 25.7. The van der Waals surface area contributed by atoms with Gasteiger partial charge in [0, 0.05) is 47.9 Å². The van der Waals surface area contributed by atoms with Crippen molar-refractivity contribution in [3.63, 3.8) is 0 Å². The first-order valence-electron chi connectivity index (χ1n) is 12.8. The van der Waals surface area contributed by atoms with E-state index in [1.807, 2.05) is 92.1 Å². The Kier molecular flexibility index (Phi) is 7.98. The van der Waals surface area contributed by atoms with Gasteiger partial charge in [-0.15, -0.1) is 0 Å². The van der Waals surface area contributed by atoms with E-state index in [-0.39, 0.29) is 5.97 Å². The molecule has 0 saturated heterocycles. The topological polar surface area (TPSA) is 79.4 Å². The number of aromatic nitrogens is 3. The summed E-state index contributed by atoms with van der Waals surface area (Å²) in [5, 5.41) is 0. The van der Waals surface area contributed by atoms with Crippen LogP contribution in [0.5, 0.6) is 5.75 Å². The number of carbonyl (C=O) groups is 1. The zero-order valence-corrected chi connectivity index (χ0v) is 21.9. The maximum Gasteiger partial charge on any atom is 0.330 e. The van der Waals surface area contributed by atoms with Crippen molar-refractivity contribution >= 4 is 12.0 Å². The highest BCUT2D eigenvalue weighted by atomic mass is 16.5. The van der Waals surface area contributed by atoms with E-state index in [2.05, 4.69) is 14.5 Å². The van der Waals surface area contributed by atoms with Gasteiger partial charge in [0.15, 0.2) is 0 Å². The molecule has 0 aliphatic carbocycles. The van der Waals surface area contributed by atoms with Gasteiger partial charge in [0.1, 0.15) is 23.8 Å². The van der Waals surface area contributed by atoms with Crippen LogP contribution in [0.4, 0.5) is 0 Å². The molecule has 39 heavy (non-hydrogen) atoms. The van der Waals surface area contributed by atoms with Crippen LogP contribution in [0.25, 0.3) is 28.8 Å². The summed E-state index contributed by atoms with van der Waals surface area (Å²) < 4.78 is 18.9. The smallest absolute Gasteiger partial charge is 0.330 e. The minimum atomic E-state index is -0.370. The molecule has 0 unspecified atom stereocenters. The molecule has 0 N–H and O–H groups in total. The molecule has 0 atom stereocenters. The SMILES string of the molecule is CCOC(=O)C=Cc1cn(Cc2ccc(OCc3nc(-c4ccccc4)oc3C)cc2)cc1-c1ccccn1. The number of benzene rings is 2. The first-order chi connectivity index (χ1) is 19.1. The Morgan fingerprint density at radius 3 is 2.54 bits per heavy atom. The molecule has 0 aliphatic heterocycles. The monoisotopic (exact) mass is 519 g/mol. The van der Waals surface area contributed by atoms with Crippen molar-refractivity contribution in [2.75, 3.05) is 6.61 Å². The first-order valence-corrected chi connectivity index (χ1v) is 12.8. The van der Waals surface area contributed by atoms with Crippen molar-refractivity contribution in [1.82, 2.24) is 14.5 Å². The van der Waals surface area contributed by atoms with Crippen LogP contribution in [0, 0.1) is 6.92 Å². The van der Waals surface area contributed by atoms with Crippen LogP contribution >= 0.6 is 0 Å². The number of hydrogen-bond acceptors (Lipinski definition) is 6. The molecule has 7 heteroatoms. The van der Waals surface area contributed by atoms with E-state index in [4.69, 9.17) is 13.9 Å². The average Bonchev–Trinajstić information content (AvgIpc) is 3.55. The number of esters is 1. The second-order valence-corrected chi connectivity index (χ2v) is 8.92. The lowest BCUT2D eigenvalue weighted by molar-refractivity contribution is -0.137. The minimum absolute atomic E-state index is 0.322. The highest BCUT2D eigenvalue weighted by molar-refractivity contribution is 5.89. The van der Waals surface area contributed by atoms with Crippen LogP contribution in [-0.2, 0) is 22.7 Å². The lowest BCUT2D eigenvalue weighted by Crippen LogP contribution is -1.99. The number of ether oxygens (including phenoxy) is 2. The van der Waals surface area contributed by atoms with Crippen molar-refractivity contribution < 1.29 is 18.7 Å². The summed E-state index contributed by atoms with van der Waals surface area (Å²) in [5.74, 6) is 1.72. The summed E-state index contributed by atoms with van der Waals surface area (Å²) in [6.07, 6.45) is 9.01. The number of nitrogens with zero attached hydrogens (tertiary/aromatic N) is 3. The summed E-state index contributed by atoms with van der Waals surface area (Å²) in [6, 6.07) is 23.6. The van der Waals surface area contributed by atoms with Crippen LogP contribution < -0.4 is 4.74 Å². The van der Waals surface area contributed by atoms with Crippen molar-refractivity contribution in [3.05, 3.63) is 120 Å². The van der Waals surface area contributed by atoms with Gasteiger partial charge < -0.3 is 18.5 Å². The molecule has 0 amide bonds. The normalized spacial score (nSPS) is 11.1. The highest BCUT2D eigenvalue weighted by Crippen LogP contribution is 2.26. The summed E-state index contributed by atoms with van der Waals surface area (Å²) >= 11 is 0. The maximum absolute atomic E-state index is 11.9. The van der Waals surface area contributed by atoms with E-state index in [1.54, 1.807) is 19.2 Å². The number of oxazole rings is 1. The third-order valence-electron chi connectivity index (χ3n) is 6.11. The number of carbonyl (C=O) groups excluding carboxylic acids is 1. The van der Waals surface area contributed by atoms with E-state index < -0.39 is 0 Å². The second kappa shape index (κ2) is 12.1. The van der Waals surface area contributed by atoms with E-state index >= 15 is 0 Å². The van der Waals surface area contributed by atoms with E-state index in [0.29, 0.717) is 25.6 Å². The second-order valence-electron chi connectivity index (χ2n) is 8.92. The Morgan fingerprint density at radius 1 is 1.00 bits per heavy atom. The molecule has 2 aromatic carbocycles. The van der Waals surface area contributed by atoms with Gasteiger partial charge in [0.05, 0.1) is 12.3 Å². The maximum atomic E-state index is 11.9. The zero-order chi connectivity index (χ0) is 27.0. The molecule has 0 fully saturated rings. The van der Waals surface area contributed by atoms with Crippen molar-refractivity contribution in [3.8, 4) is 28.5 Å². The fraction of sp³-hybridized carbons (Fsp3) is 0.156. The Balaban J connectivity index is 1.26. The standard InChI is InChI=1S/C32H29N3O4/c1-3-37-31(36)17-14-26-20-35(21-28(26)29-11-7-8-18-33-29)19-24-12-15-27(16-13-24)38-22-30-23(2)39-32(34-30)25-9-5-4-6-10-25/h4-18,20-21H,3,19,22H2,1-2H3. The molecule has 5 rings (SSSR count). The van der Waals surface area contributed by atoms with Crippen molar-refractivity contribution in [1.29, 1.82) is 0 Å². The van der Waals surface area contributed by atoms with Gasteiger partial charge in [-0.1, -0.05) is 36.4 Å². The van der Waals surface area contributed by atoms with Crippen LogP contribution in [0.2, 0.25) is 0 Å². The minimum Gasteiger partial charge on any atom is -0.487 e. The summed E-state index contributed by atoms with van der Waals surface area (Å²) in [5.41, 5.74) is 5.48. The Labute approximate surface area is 227 Å². The predicted molar refractivity (Wildman–Crippen MR) is 150 cm³/mol. The molecule has 0 aliphatic rings. The number of pyridine rings is 1. The highest BCUT2D eigenvalue weighted by Gasteiger charge is 2.12. The number of rotatable bonds is 10. The zero-order valence-electron chi connectivity index (χ0n) is 21.9. The Hall–Kier alpha value is -4.91. The molecular weight excluding hydrogens is 490 g/mol.